The molecule has 3 aliphatic rings. The zero-order valence-corrected chi connectivity index (χ0v) is 74.6. The second-order valence-electron chi connectivity index (χ2n) is 33.1. The topological polar surface area (TPSA) is 515 Å². The summed E-state index contributed by atoms with van der Waals surface area (Å²) in [4.78, 5) is 244. The number of amides is 15. The number of H-pyrrole nitrogens is 1. The lowest BCUT2D eigenvalue weighted by Gasteiger charge is -2.38. The number of ether oxygens (including phenoxy) is 1. The number of aliphatic hydroxyl groups excluding tert-OH is 1. The van der Waals surface area contributed by atoms with E-state index in [0.29, 0.717) is 69.9 Å². The van der Waals surface area contributed by atoms with Gasteiger partial charge in [-0.25, -0.2) is 13.2 Å². The number of para-hydroxylation sites is 1. The number of phenolic OH excluding ortho intramolecular Hbond substituents is 1. The monoisotopic (exact) mass is 1840 g/mol. The minimum Gasteiger partial charge on any atom is -0.508 e. The second-order valence-corrected chi connectivity index (χ2v) is 34.1. The molecule has 0 spiro atoms. The Hall–Kier alpha value is -13.0. The van der Waals surface area contributed by atoms with Crippen molar-refractivity contribution in [3.05, 3.63) is 173 Å². The Labute approximate surface area is 759 Å². The third-order valence-corrected chi connectivity index (χ3v) is 24.4. The van der Waals surface area contributed by atoms with Crippen molar-refractivity contribution in [2.24, 2.45) is 17.4 Å². The van der Waals surface area contributed by atoms with Gasteiger partial charge in [0.05, 0.1) is 12.3 Å². The molecule has 9 rings (SSSR count). The number of aromatic hydroxyl groups is 1. The molecule has 4 heterocycles. The van der Waals surface area contributed by atoms with Gasteiger partial charge < -0.3 is 104 Å². The van der Waals surface area contributed by atoms with Crippen molar-refractivity contribution >= 4 is 118 Å². The average molecular weight is 1840 g/mol. The lowest BCUT2D eigenvalue weighted by atomic mass is 9.98. The van der Waals surface area contributed by atoms with Gasteiger partial charge >= 0.3 is 0 Å². The van der Waals surface area contributed by atoms with Crippen molar-refractivity contribution < 1.29 is 105 Å². The van der Waals surface area contributed by atoms with Crippen LogP contribution in [0.15, 0.2) is 128 Å². The Morgan fingerprint density at radius 3 is 1.67 bits per heavy atom. The van der Waals surface area contributed by atoms with Crippen LogP contribution in [0.2, 0.25) is 0 Å². The third-order valence-electron chi connectivity index (χ3n) is 23.4. The summed E-state index contributed by atoms with van der Waals surface area (Å²) in [5.41, 5.74) is 13.6. The highest BCUT2D eigenvalue weighted by Crippen LogP contribution is 2.28. The van der Waals surface area contributed by atoms with E-state index in [0.717, 1.165) is 14.7 Å². The number of benzene rings is 5. The molecule has 6 aromatic rings. The molecule has 3 fully saturated rings. The van der Waals surface area contributed by atoms with E-state index in [1.807, 2.05) is 6.92 Å². The van der Waals surface area contributed by atoms with E-state index in [-0.39, 0.29) is 108 Å². The molecule has 1 aromatic heterocycles. The average Bonchev–Trinajstić information content (AvgIpc) is 1.00. The first-order valence-corrected chi connectivity index (χ1v) is 44.7. The molecule has 0 unspecified atom stereocenters. The fourth-order valence-electron chi connectivity index (χ4n) is 16.1. The molecular weight excluding hydrogens is 1720 g/mol. The number of halogens is 3. The number of nitrogens with one attached hydrogen (secondary N) is 10. The van der Waals surface area contributed by atoms with E-state index in [1.165, 1.54) is 55.2 Å². The van der Waals surface area contributed by atoms with Crippen molar-refractivity contribution in [1.82, 2.24) is 77.3 Å². The minimum atomic E-state index is -1.88. The van der Waals surface area contributed by atoms with Gasteiger partial charge in [-0.1, -0.05) is 125 Å². The van der Waals surface area contributed by atoms with Crippen molar-refractivity contribution in [3.63, 3.8) is 0 Å². The summed E-state index contributed by atoms with van der Waals surface area (Å²) in [6.07, 6.45) is 0.467. The SMILES string of the molecule is CCCC[C@H]1C(=O)N2CCC[C@@H]2C(=O)N[C@@H](COC=O)C(=O)N[C@@H](C(C)C)C(=O)N(C)[C@@H](Cc2ccccc2)C(=O)N[C@@H](CCCN)C(=O)N2CCC[C@@H]2C(=O)N[C@@H](Cc2c[nH]c3ccccc23)C(=O)N[C@@H](Cc2ccc(O)cc2)C(=O)N[C@@H](CCO)C(=O)N[C@H](C(=O)NCC(N)=O)CSCC(=O)N[C@@H](Cc2cc(F)c(F)c(F)c2)C(=O)N(C)[C@@H](Cc2ccccc2)C(=O)N1C. The maximum Gasteiger partial charge on any atom is 0.293 e. The van der Waals surface area contributed by atoms with Crippen LogP contribution in [0.1, 0.15) is 113 Å². The van der Waals surface area contributed by atoms with Gasteiger partial charge in [0.2, 0.25) is 88.6 Å². The molecule has 0 saturated carbocycles. The van der Waals surface area contributed by atoms with Crippen LogP contribution in [0.3, 0.4) is 0 Å². The van der Waals surface area contributed by atoms with Gasteiger partial charge in [0.15, 0.2) is 17.5 Å². The molecule has 40 heteroatoms. The number of carbonyl (C=O) groups is 16. The van der Waals surface area contributed by atoms with Crippen LogP contribution in [-0.2, 0) is 114 Å². The second kappa shape index (κ2) is 49.1. The number of nitrogens with two attached hydrogens (primary N) is 2. The van der Waals surface area contributed by atoms with Crippen molar-refractivity contribution in [1.29, 1.82) is 0 Å². The van der Waals surface area contributed by atoms with E-state index in [2.05, 4.69) is 52.8 Å². The maximum atomic E-state index is 15.7. The van der Waals surface area contributed by atoms with E-state index >= 15 is 51.9 Å². The molecule has 706 valence electrons. The van der Waals surface area contributed by atoms with Gasteiger partial charge in [0.1, 0.15) is 90.9 Å². The molecule has 0 radical (unpaired) electrons. The molecule has 16 N–H and O–H groups in total. The molecule has 13 atom stereocenters. The Morgan fingerprint density at radius 1 is 0.550 bits per heavy atom. The summed E-state index contributed by atoms with van der Waals surface area (Å²) in [6, 6.07) is 9.94. The first-order valence-electron chi connectivity index (χ1n) is 43.5. The van der Waals surface area contributed by atoms with E-state index in [9.17, 15) is 48.2 Å². The van der Waals surface area contributed by atoms with Crippen molar-refractivity contribution in [2.75, 3.05) is 72.0 Å². The third kappa shape index (κ3) is 28.0. The predicted octanol–water partition coefficient (Wildman–Crippen LogP) is 0.634. The number of likely N-dealkylation sites (N-methyl/N-ethyl adjacent to an activating group) is 3. The number of aliphatic hydroxyl groups is 1. The number of aromatic nitrogens is 1. The first kappa shape index (κ1) is 102. The molecule has 15 amide bonds. The highest BCUT2D eigenvalue weighted by Gasteiger charge is 2.46. The van der Waals surface area contributed by atoms with Crippen LogP contribution in [0.4, 0.5) is 13.2 Å². The summed E-state index contributed by atoms with van der Waals surface area (Å²) < 4.78 is 50.1. The summed E-state index contributed by atoms with van der Waals surface area (Å²) >= 11 is 0.639. The van der Waals surface area contributed by atoms with Crippen molar-refractivity contribution in [3.8, 4) is 5.75 Å². The van der Waals surface area contributed by atoms with Gasteiger partial charge in [-0.2, -0.15) is 0 Å². The zero-order valence-electron chi connectivity index (χ0n) is 73.8. The Bertz CT molecular complexity index is 5020. The van der Waals surface area contributed by atoms with Crippen LogP contribution < -0.4 is 59.3 Å². The molecule has 3 aliphatic heterocycles. The number of nitrogens with zero attached hydrogens (tertiary/aromatic N) is 5. The maximum absolute atomic E-state index is 15.7. The molecule has 0 aliphatic carbocycles. The van der Waals surface area contributed by atoms with Crippen LogP contribution in [0.25, 0.3) is 10.9 Å². The number of hydrogen-bond donors (Lipinski definition) is 14. The number of phenols is 1. The number of carbonyl (C=O) groups excluding carboxylic acids is 16. The number of fused-ring (bicyclic) bond motifs is 3. The Morgan fingerprint density at radius 2 is 1.08 bits per heavy atom. The number of primary amides is 1. The standard InChI is InChI=1S/C91H116F3N17O19S/c1-7-8-27-72-90(128)111-37-19-29-71(111)85(123)104-68(48-130-51-113)83(121)106-78(52(2)3)91(129)108(5)73(43-53-20-11-9-12-21-53)86(124)101-64(26-17-35-95)88(126)110-36-18-28-70(110)84(122)103-66(45-57-46-97-62-25-16-15-24-59(57)62)82(120)102-65(41-55-30-32-58(114)33-31-55)81(119)100-63(34-38-112)80(118)105-69(79(117)98-47-75(96)115)49-131-50-76(116)99-67(42-56-39-60(92)77(94)61(93)40-56)87(125)109(6)74(89(127)107(72)4)44-54-22-13-10-14-23-54/h9-16,20-25,30-33,39-40,46,51-52,63-74,78,97,112,114H,7-8,17-19,26-29,34-38,41-45,47-50,95H2,1-6H3,(H2,96,115)(H,98,117)(H,99,116)(H,100,119)(H,101,124)(H,102,120)(H,103,122)(H,104,123)(H,105,118)(H,106,121)/t63-,64-,65-,66-,67-,68-,69-,70+,71+,72-,73-,74-,78-/m0/s1. The number of rotatable bonds is 25. The molecule has 36 nitrogen and oxygen atoms in total. The molecule has 3 saturated heterocycles. The number of thioether (sulfide) groups is 1. The minimum absolute atomic E-state index is 0.00464. The first-order chi connectivity index (χ1) is 62.6. The molecule has 131 heavy (non-hydrogen) atoms. The van der Waals surface area contributed by atoms with E-state index in [4.69, 9.17) is 16.2 Å². The summed E-state index contributed by atoms with van der Waals surface area (Å²) in [5.74, 6) is -21.8. The number of aromatic amines is 1. The van der Waals surface area contributed by atoms with Gasteiger partial charge in [0.25, 0.3) is 6.47 Å². The molecular formula is C91H116F3N17O19S. The van der Waals surface area contributed by atoms with Crippen LogP contribution in [0, 0.1) is 23.4 Å². The van der Waals surface area contributed by atoms with Crippen molar-refractivity contribution in [2.45, 2.75) is 196 Å². The van der Waals surface area contributed by atoms with Crippen LogP contribution in [0.5, 0.6) is 5.75 Å². The lowest BCUT2D eigenvalue weighted by Crippen LogP contribution is -2.62. The largest absolute Gasteiger partial charge is 0.508 e. The normalized spacial score (nSPS) is 23.7. The van der Waals surface area contributed by atoms with E-state index in [1.54, 1.807) is 105 Å². The summed E-state index contributed by atoms with van der Waals surface area (Å²) in [5, 5.41) is 45.0. The van der Waals surface area contributed by atoms with Gasteiger partial charge in [-0.05, 0) is 122 Å². The predicted molar refractivity (Wildman–Crippen MR) is 475 cm³/mol. The lowest BCUT2D eigenvalue weighted by molar-refractivity contribution is -0.152. The van der Waals surface area contributed by atoms with Crippen LogP contribution in [-0.4, -0.2) is 285 Å². The van der Waals surface area contributed by atoms with Crippen LogP contribution >= 0.6 is 11.8 Å². The summed E-state index contributed by atoms with van der Waals surface area (Å²) in [7, 11) is 3.82. The molecule has 5 aromatic carbocycles. The Balaban J connectivity index is 1.12. The zero-order chi connectivity index (χ0) is 95.3. The molecule has 0 bridgehead atoms. The Kier molecular flexibility index (Phi) is 38.2. The number of unbranched alkanes of at least 4 members (excludes halogenated alkanes) is 1. The fourth-order valence-corrected chi connectivity index (χ4v) is 17.0. The smallest absolute Gasteiger partial charge is 0.293 e. The highest BCUT2D eigenvalue weighted by molar-refractivity contribution is 8.00. The highest BCUT2D eigenvalue weighted by atomic mass is 32.2. The van der Waals surface area contributed by atoms with Gasteiger partial charge in [-0.3, -0.25) is 76.7 Å². The van der Waals surface area contributed by atoms with Gasteiger partial charge in [-0.15, -0.1) is 11.8 Å². The summed E-state index contributed by atoms with van der Waals surface area (Å²) in [6.45, 7) is 2.55. The fraction of sp³-hybridized carbons (Fsp3) is 0.473. The van der Waals surface area contributed by atoms with Gasteiger partial charge in [0, 0.05) is 95.8 Å². The quantitative estimate of drug-likeness (QED) is 0.0276. The van der Waals surface area contributed by atoms with E-state index < -0.39 is 235 Å². The number of hydrogen-bond acceptors (Lipinski definition) is 21.